The highest BCUT2D eigenvalue weighted by atomic mass is 32.3. The maximum atomic E-state index is 8.52. The van der Waals surface area contributed by atoms with E-state index in [4.69, 9.17) is 17.5 Å². The molecule has 11 heteroatoms. The molecule has 0 unspecified atom stereocenters. The summed E-state index contributed by atoms with van der Waals surface area (Å²) in [5.74, 6) is 2.37. The van der Waals surface area contributed by atoms with E-state index in [1.54, 1.807) is 0 Å². The third kappa shape index (κ3) is 19.0. The van der Waals surface area contributed by atoms with Crippen LogP contribution in [-0.4, -0.2) is 17.5 Å². The molecule has 6 N–H and O–H groups in total. The van der Waals surface area contributed by atoms with Crippen molar-refractivity contribution in [2.75, 3.05) is 31.9 Å². The Morgan fingerprint density at radius 2 is 0.352 bits per heavy atom. The van der Waals surface area contributed by atoms with Crippen LogP contribution in [0.4, 0.5) is 68.2 Å². The lowest BCUT2D eigenvalue weighted by molar-refractivity contribution is 0.352. The molecular formula is C80H72N6O4S. The minimum absolute atomic E-state index is 1.06. The van der Waals surface area contributed by atoms with Crippen LogP contribution in [0.3, 0.4) is 0 Å². The summed E-state index contributed by atoms with van der Waals surface area (Å²) in [4.78, 5) is 0. The van der Waals surface area contributed by atoms with Crippen molar-refractivity contribution >= 4 is 78.6 Å². The summed E-state index contributed by atoms with van der Waals surface area (Å²) in [6.07, 6.45) is 0. The van der Waals surface area contributed by atoms with E-state index in [0.29, 0.717) is 0 Å². The van der Waals surface area contributed by atoms with Gasteiger partial charge in [-0.05, 0) is 293 Å². The lowest BCUT2D eigenvalue weighted by Crippen LogP contribution is -2.05. The molecule has 0 spiro atoms. The van der Waals surface area contributed by atoms with Crippen molar-refractivity contribution in [2.45, 2.75) is 41.5 Å². The Morgan fingerprint density at radius 1 is 0.220 bits per heavy atom. The maximum absolute atomic E-state index is 8.52. The van der Waals surface area contributed by atoms with Gasteiger partial charge in [0.1, 0.15) is 0 Å². The van der Waals surface area contributed by atoms with Gasteiger partial charge in [-0.25, -0.2) is 0 Å². The van der Waals surface area contributed by atoms with E-state index in [1.807, 2.05) is 0 Å². The molecule has 0 aliphatic rings. The molecule has 0 saturated heterocycles. The topological polar surface area (TPSA) is 152 Å². The Kier molecular flexibility index (Phi) is 20.7. The highest BCUT2D eigenvalue weighted by Crippen LogP contribution is 2.37. The molecule has 0 aliphatic carbocycles. The second-order valence-electron chi connectivity index (χ2n) is 22.6. The van der Waals surface area contributed by atoms with Gasteiger partial charge < -0.3 is 41.0 Å². The molecule has 0 atom stereocenters. The fourth-order valence-corrected chi connectivity index (χ4v) is 10.7. The Hall–Kier alpha value is -11.0. The van der Waals surface area contributed by atoms with Crippen molar-refractivity contribution < 1.29 is 17.5 Å². The zero-order valence-electron chi connectivity index (χ0n) is 51.8. The summed E-state index contributed by atoms with van der Waals surface area (Å²) < 4.78 is 34.1. The van der Waals surface area contributed by atoms with Crippen LogP contribution in [0.1, 0.15) is 66.8 Å². The monoisotopic (exact) mass is 1210 g/mol. The van der Waals surface area contributed by atoms with Crippen molar-refractivity contribution in [3.63, 3.8) is 0 Å². The molecule has 452 valence electrons. The van der Waals surface area contributed by atoms with Crippen molar-refractivity contribution in [1.29, 1.82) is 0 Å². The highest BCUT2D eigenvalue weighted by Gasteiger charge is 2.25. The number of benzene rings is 12. The van der Waals surface area contributed by atoms with Crippen molar-refractivity contribution in [3.05, 3.63) is 370 Å². The SMILES string of the molecule is Cc1cccc(Nc2ccc([C+](c3ccc(Nc4cccc(C)c4)cc3)c3ccc(Nc4cccc(C)c4)cc3)cc2)c1.Cc1cccc(Nc2ccc([C+](c3ccc(Nc4cccc(C)c4)cc3)c3ccc(Nc4cccc(C)c4)cc3)cc2)c1.O=S(=O)([O-])[O-]. The van der Waals surface area contributed by atoms with Crippen LogP contribution in [0.2, 0.25) is 0 Å². The van der Waals surface area contributed by atoms with Crippen LogP contribution in [-0.2, 0) is 10.4 Å². The van der Waals surface area contributed by atoms with E-state index in [-0.39, 0.29) is 0 Å². The first-order valence-corrected chi connectivity index (χ1v) is 31.4. The molecule has 0 aromatic heterocycles. The quantitative estimate of drug-likeness (QED) is 0.0212. The van der Waals surface area contributed by atoms with Gasteiger partial charge in [0.25, 0.3) is 0 Å². The smallest absolute Gasteiger partial charge is 0.0632 e. The number of hydrogen-bond acceptors (Lipinski definition) is 10. The van der Waals surface area contributed by atoms with Gasteiger partial charge in [0.2, 0.25) is 0 Å². The molecule has 0 fully saturated rings. The predicted octanol–water partition coefficient (Wildman–Crippen LogP) is 20.4. The van der Waals surface area contributed by atoms with Crippen LogP contribution in [0.25, 0.3) is 0 Å². The lowest BCUT2D eigenvalue weighted by atomic mass is 9.85. The molecular weight excluding hydrogens is 1140 g/mol. The fourth-order valence-electron chi connectivity index (χ4n) is 10.7. The molecule has 0 saturated carbocycles. The van der Waals surface area contributed by atoms with E-state index in [1.165, 1.54) is 45.2 Å². The van der Waals surface area contributed by atoms with Gasteiger partial charge in [0.15, 0.2) is 0 Å². The summed E-state index contributed by atoms with van der Waals surface area (Å²) in [6.45, 7) is 12.7. The lowest BCUT2D eigenvalue weighted by Gasteiger charge is -2.16. The molecule has 0 amide bonds. The Balaban J connectivity index is 0.000000186. The largest absolute Gasteiger partial charge is 0.759 e. The zero-order valence-corrected chi connectivity index (χ0v) is 52.6. The average molecular weight is 1210 g/mol. The average Bonchev–Trinajstić information content (AvgIpc) is 3.16. The summed E-state index contributed by atoms with van der Waals surface area (Å²) in [6, 6.07) is 103. The Labute approximate surface area is 536 Å². The van der Waals surface area contributed by atoms with Crippen molar-refractivity contribution in [2.24, 2.45) is 0 Å². The molecule has 0 radical (unpaired) electrons. The van der Waals surface area contributed by atoms with Gasteiger partial charge >= 0.3 is 0 Å². The van der Waals surface area contributed by atoms with E-state index >= 15 is 0 Å². The molecule has 0 heterocycles. The van der Waals surface area contributed by atoms with Gasteiger partial charge in [-0.3, -0.25) is 8.42 Å². The van der Waals surface area contributed by atoms with Crippen LogP contribution < -0.4 is 31.9 Å². The van der Waals surface area contributed by atoms with E-state index in [2.05, 4.69) is 365 Å². The number of nitrogens with one attached hydrogen (secondary N) is 6. The minimum atomic E-state index is -5.17. The molecule has 0 bridgehead atoms. The number of hydrogen-bond donors (Lipinski definition) is 6. The first-order valence-electron chi connectivity index (χ1n) is 30.0. The first-order chi connectivity index (χ1) is 44.0. The predicted molar refractivity (Wildman–Crippen MR) is 377 cm³/mol. The zero-order chi connectivity index (χ0) is 63.7. The van der Waals surface area contributed by atoms with Gasteiger partial charge in [0.05, 0.1) is 45.2 Å². The summed E-state index contributed by atoms with van der Waals surface area (Å²) in [7, 11) is -5.17. The second kappa shape index (κ2) is 29.8. The first kappa shape index (κ1) is 63.1. The molecule has 0 aliphatic heterocycles. The number of anilines is 12. The Bertz CT molecular complexity index is 3730. The standard InChI is InChI=1S/2C40H36N3.H2O4S/c2*1-28-7-4-10-37(25-28)41-34-19-13-31(14-20-34)40(32-15-21-35(22-16-32)42-38-11-5-8-29(2)26-38)33-17-23-36(24-18-33)43-39-12-6-9-30(3)27-39;1-5(2,3)4/h2*4-27,41-43H,1-3H3;(H2,1,2,3,4)/q2*+1;/p-2. The van der Waals surface area contributed by atoms with Gasteiger partial charge in [0, 0.05) is 78.6 Å². The highest BCUT2D eigenvalue weighted by molar-refractivity contribution is 7.79. The van der Waals surface area contributed by atoms with E-state index in [0.717, 1.165) is 102 Å². The van der Waals surface area contributed by atoms with Gasteiger partial charge in [-0.1, -0.05) is 72.8 Å². The molecule has 10 nitrogen and oxygen atoms in total. The normalized spacial score (nSPS) is 10.7. The maximum Gasteiger partial charge on any atom is 0.0632 e. The summed E-state index contributed by atoms with van der Waals surface area (Å²) >= 11 is 0. The van der Waals surface area contributed by atoms with E-state index < -0.39 is 10.4 Å². The van der Waals surface area contributed by atoms with Gasteiger partial charge in [-0.2, -0.15) is 0 Å². The number of aryl methyl sites for hydroxylation is 6. The van der Waals surface area contributed by atoms with Gasteiger partial charge in [-0.15, -0.1) is 0 Å². The third-order valence-electron chi connectivity index (χ3n) is 14.9. The second-order valence-corrected chi connectivity index (χ2v) is 23.4. The molecule has 12 rings (SSSR count). The van der Waals surface area contributed by atoms with E-state index in [9.17, 15) is 0 Å². The van der Waals surface area contributed by atoms with Crippen molar-refractivity contribution in [3.8, 4) is 0 Å². The summed E-state index contributed by atoms with van der Waals surface area (Å²) in [5, 5.41) is 21.2. The molecule has 12 aromatic rings. The summed E-state index contributed by atoms with van der Waals surface area (Å²) in [5.41, 5.74) is 27.3. The molecule has 91 heavy (non-hydrogen) atoms. The van der Waals surface area contributed by atoms with Crippen LogP contribution in [0.15, 0.2) is 291 Å². The minimum Gasteiger partial charge on any atom is -0.759 e. The third-order valence-corrected chi connectivity index (χ3v) is 14.9. The van der Waals surface area contributed by atoms with Crippen LogP contribution >= 0.6 is 0 Å². The molecule has 12 aromatic carbocycles. The van der Waals surface area contributed by atoms with Crippen molar-refractivity contribution in [1.82, 2.24) is 0 Å². The van der Waals surface area contributed by atoms with Crippen LogP contribution in [0, 0.1) is 53.4 Å². The Morgan fingerprint density at radius 3 is 0.473 bits per heavy atom. The fraction of sp³-hybridized carbons (Fsp3) is 0.0750. The van der Waals surface area contributed by atoms with Crippen LogP contribution in [0.5, 0.6) is 0 Å². The number of rotatable bonds is 18.